The molecule has 0 aromatic heterocycles. The summed E-state index contributed by atoms with van der Waals surface area (Å²) in [6.45, 7) is 3.52. The van der Waals surface area contributed by atoms with Crippen molar-refractivity contribution >= 4 is 35.5 Å². The third kappa shape index (κ3) is 4.19. The summed E-state index contributed by atoms with van der Waals surface area (Å²) in [5, 5.41) is 5.47. The van der Waals surface area contributed by atoms with E-state index >= 15 is 0 Å². The van der Waals surface area contributed by atoms with Gasteiger partial charge in [-0.15, -0.1) is 0 Å². The lowest BCUT2D eigenvalue weighted by Crippen LogP contribution is -2.48. The quantitative estimate of drug-likeness (QED) is 0.750. The van der Waals surface area contributed by atoms with Crippen LogP contribution in [-0.2, 0) is 19.2 Å². The van der Waals surface area contributed by atoms with Gasteiger partial charge in [-0.05, 0) is 24.6 Å². The molecule has 0 radical (unpaired) electrons. The lowest BCUT2D eigenvalue weighted by Gasteiger charge is -2.32. The van der Waals surface area contributed by atoms with Crippen LogP contribution >= 0.6 is 0 Å². The summed E-state index contributed by atoms with van der Waals surface area (Å²) in [6, 6.07) is 6.89. The summed E-state index contributed by atoms with van der Waals surface area (Å²) >= 11 is 0. The molecule has 1 heterocycles. The molecule has 1 saturated heterocycles. The van der Waals surface area contributed by atoms with Gasteiger partial charge in [-0.25, -0.2) is 0 Å². The third-order valence-corrected chi connectivity index (χ3v) is 4.67. The summed E-state index contributed by atoms with van der Waals surface area (Å²) in [6.07, 6.45) is 1.34. The van der Waals surface area contributed by atoms with E-state index < -0.39 is 0 Å². The molecule has 0 spiro atoms. The largest absolute Gasteiger partial charge is 0.342 e. The average Bonchev–Trinajstić information content (AvgIpc) is 3.42. The zero-order valence-electron chi connectivity index (χ0n) is 14.6. The normalized spacial score (nSPS) is 21.7. The van der Waals surface area contributed by atoms with E-state index in [9.17, 15) is 19.2 Å². The van der Waals surface area contributed by atoms with Crippen molar-refractivity contribution in [3.05, 3.63) is 24.3 Å². The van der Waals surface area contributed by atoms with Gasteiger partial charge in [0, 0.05) is 44.5 Å². The Balaban J connectivity index is 1.52. The highest BCUT2D eigenvalue weighted by atomic mass is 16.2. The van der Waals surface area contributed by atoms with Crippen molar-refractivity contribution in [2.75, 3.05) is 36.8 Å². The monoisotopic (exact) mass is 358 g/mol. The lowest BCUT2D eigenvalue weighted by atomic mass is 10.2. The number of rotatable bonds is 5. The van der Waals surface area contributed by atoms with Crippen molar-refractivity contribution in [2.45, 2.75) is 13.3 Å². The SMILES string of the molecule is CC(=O)Nc1cccc(NC(=O)C2CC2C(=O)N2CCN(C=O)CC2)c1. The van der Waals surface area contributed by atoms with Crippen molar-refractivity contribution < 1.29 is 19.2 Å². The number of amides is 4. The van der Waals surface area contributed by atoms with Gasteiger partial charge in [0.2, 0.25) is 24.1 Å². The minimum absolute atomic E-state index is 0.0114. The number of carbonyl (C=O) groups excluding carboxylic acids is 4. The van der Waals surface area contributed by atoms with Crippen LogP contribution in [-0.4, -0.2) is 60.1 Å². The van der Waals surface area contributed by atoms with Gasteiger partial charge in [0.15, 0.2) is 0 Å². The van der Waals surface area contributed by atoms with Crippen molar-refractivity contribution in [3.8, 4) is 0 Å². The van der Waals surface area contributed by atoms with E-state index in [2.05, 4.69) is 10.6 Å². The van der Waals surface area contributed by atoms with Crippen LogP contribution in [0.1, 0.15) is 13.3 Å². The molecule has 4 amide bonds. The predicted molar refractivity (Wildman–Crippen MR) is 95.2 cm³/mol. The Hall–Kier alpha value is -2.90. The van der Waals surface area contributed by atoms with Crippen LogP contribution in [0.2, 0.25) is 0 Å². The summed E-state index contributed by atoms with van der Waals surface area (Å²) in [5.41, 5.74) is 1.19. The summed E-state index contributed by atoms with van der Waals surface area (Å²) in [5.74, 6) is -0.985. The topological polar surface area (TPSA) is 98.8 Å². The van der Waals surface area contributed by atoms with Crippen LogP contribution in [0.15, 0.2) is 24.3 Å². The standard InChI is InChI=1S/C18H22N4O4/c1-12(24)19-13-3-2-4-14(9-13)20-17(25)15-10-16(15)18(26)22-7-5-21(11-23)6-8-22/h2-4,9,11,15-16H,5-8,10H2,1H3,(H,19,24)(H,20,25). The van der Waals surface area contributed by atoms with E-state index in [1.807, 2.05) is 0 Å². The zero-order chi connectivity index (χ0) is 18.7. The number of nitrogens with one attached hydrogen (secondary N) is 2. The van der Waals surface area contributed by atoms with E-state index in [4.69, 9.17) is 0 Å². The van der Waals surface area contributed by atoms with Gasteiger partial charge in [-0.3, -0.25) is 19.2 Å². The molecule has 1 aromatic carbocycles. The maximum atomic E-state index is 12.5. The van der Waals surface area contributed by atoms with Crippen molar-refractivity contribution in [3.63, 3.8) is 0 Å². The van der Waals surface area contributed by atoms with Crippen LogP contribution < -0.4 is 10.6 Å². The second-order valence-electron chi connectivity index (χ2n) is 6.67. The molecule has 26 heavy (non-hydrogen) atoms. The molecule has 3 rings (SSSR count). The van der Waals surface area contributed by atoms with Gasteiger partial charge in [-0.2, -0.15) is 0 Å². The van der Waals surface area contributed by atoms with Crippen LogP contribution in [0.4, 0.5) is 11.4 Å². The maximum Gasteiger partial charge on any atom is 0.228 e. The van der Waals surface area contributed by atoms with Crippen LogP contribution in [0, 0.1) is 11.8 Å². The fourth-order valence-electron chi connectivity index (χ4n) is 3.15. The Morgan fingerprint density at radius 1 is 1.04 bits per heavy atom. The number of benzene rings is 1. The fourth-order valence-corrected chi connectivity index (χ4v) is 3.15. The van der Waals surface area contributed by atoms with Crippen LogP contribution in [0.5, 0.6) is 0 Å². The predicted octanol–water partition coefficient (Wildman–Crippen LogP) is 0.520. The molecule has 2 aliphatic rings. The van der Waals surface area contributed by atoms with Crippen LogP contribution in [0.25, 0.3) is 0 Å². The second kappa shape index (κ2) is 7.55. The highest BCUT2D eigenvalue weighted by Crippen LogP contribution is 2.41. The highest BCUT2D eigenvalue weighted by Gasteiger charge is 2.49. The molecule has 138 valence electrons. The van der Waals surface area contributed by atoms with Gasteiger partial charge < -0.3 is 20.4 Å². The van der Waals surface area contributed by atoms with Crippen molar-refractivity contribution in [2.24, 2.45) is 11.8 Å². The first kappa shape index (κ1) is 17.9. The van der Waals surface area contributed by atoms with Crippen molar-refractivity contribution in [1.82, 2.24) is 9.80 Å². The molecule has 8 nitrogen and oxygen atoms in total. The Morgan fingerprint density at radius 3 is 2.31 bits per heavy atom. The molecule has 2 unspecified atom stereocenters. The maximum absolute atomic E-state index is 12.5. The Morgan fingerprint density at radius 2 is 1.69 bits per heavy atom. The molecule has 8 heteroatoms. The van der Waals surface area contributed by atoms with E-state index in [1.54, 1.807) is 34.1 Å². The van der Waals surface area contributed by atoms with Gasteiger partial charge in [-0.1, -0.05) is 6.07 Å². The molecule has 2 N–H and O–H groups in total. The van der Waals surface area contributed by atoms with Gasteiger partial charge in [0.25, 0.3) is 0 Å². The molecule has 1 aromatic rings. The Bertz CT molecular complexity index is 728. The molecule has 0 bridgehead atoms. The number of anilines is 2. The molecular weight excluding hydrogens is 336 g/mol. The molecule has 2 atom stereocenters. The molecule has 1 aliphatic carbocycles. The number of carbonyl (C=O) groups is 4. The van der Waals surface area contributed by atoms with Gasteiger partial charge >= 0.3 is 0 Å². The minimum Gasteiger partial charge on any atom is -0.342 e. The van der Waals surface area contributed by atoms with Crippen molar-refractivity contribution in [1.29, 1.82) is 0 Å². The first-order chi connectivity index (χ1) is 12.5. The summed E-state index contributed by atoms with van der Waals surface area (Å²) < 4.78 is 0. The average molecular weight is 358 g/mol. The lowest BCUT2D eigenvalue weighted by molar-refractivity contribution is -0.137. The molecular formula is C18H22N4O4. The number of nitrogens with zero attached hydrogens (tertiary/aromatic N) is 2. The van der Waals surface area contributed by atoms with E-state index in [0.717, 1.165) is 6.41 Å². The summed E-state index contributed by atoms with van der Waals surface area (Å²) in [4.78, 5) is 50.1. The fraction of sp³-hybridized carbons (Fsp3) is 0.444. The Kier molecular flexibility index (Phi) is 5.20. The number of hydrogen-bond acceptors (Lipinski definition) is 4. The second-order valence-corrected chi connectivity index (χ2v) is 6.67. The van der Waals surface area contributed by atoms with Gasteiger partial charge in [0.1, 0.15) is 0 Å². The smallest absolute Gasteiger partial charge is 0.228 e. The van der Waals surface area contributed by atoms with E-state index in [0.29, 0.717) is 44.0 Å². The molecule has 2 fully saturated rings. The number of piperazine rings is 1. The minimum atomic E-state index is -0.323. The third-order valence-electron chi connectivity index (χ3n) is 4.67. The first-order valence-corrected chi connectivity index (χ1v) is 8.64. The molecule has 1 aliphatic heterocycles. The first-order valence-electron chi connectivity index (χ1n) is 8.64. The molecule has 1 saturated carbocycles. The van der Waals surface area contributed by atoms with E-state index in [-0.39, 0.29) is 29.6 Å². The van der Waals surface area contributed by atoms with E-state index in [1.165, 1.54) is 6.92 Å². The number of hydrogen-bond donors (Lipinski definition) is 2. The summed E-state index contributed by atoms with van der Waals surface area (Å²) in [7, 11) is 0. The Labute approximate surface area is 151 Å². The highest BCUT2D eigenvalue weighted by molar-refractivity contribution is 6.00. The van der Waals surface area contributed by atoms with Crippen LogP contribution in [0.3, 0.4) is 0 Å². The zero-order valence-corrected chi connectivity index (χ0v) is 14.6. The van der Waals surface area contributed by atoms with Gasteiger partial charge in [0.05, 0.1) is 11.8 Å².